The zero-order valence-corrected chi connectivity index (χ0v) is 11.9. The average Bonchev–Trinajstić information content (AvgIpc) is 2.45. The van der Waals surface area contributed by atoms with Gasteiger partial charge in [-0.25, -0.2) is 4.98 Å². The van der Waals surface area contributed by atoms with E-state index in [4.69, 9.17) is 4.74 Å². The zero-order chi connectivity index (χ0) is 14.4. The van der Waals surface area contributed by atoms with E-state index in [9.17, 15) is 4.79 Å². The van der Waals surface area contributed by atoms with E-state index in [2.05, 4.69) is 30.2 Å². The minimum atomic E-state index is -0.229. The van der Waals surface area contributed by atoms with Gasteiger partial charge in [0.1, 0.15) is 0 Å². The highest BCUT2D eigenvalue weighted by Gasteiger charge is 2.09. The predicted octanol–water partition coefficient (Wildman–Crippen LogP) is 0.937. The lowest BCUT2D eigenvalue weighted by atomic mass is 10.5. The summed E-state index contributed by atoms with van der Waals surface area (Å²) in [7, 11) is 1.48. The molecule has 0 aliphatic heterocycles. The maximum Gasteiger partial charge on any atom is 0.321 e. The first kappa shape index (κ1) is 14.3. The molecule has 20 heavy (non-hydrogen) atoms. The van der Waals surface area contributed by atoms with Crippen LogP contribution in [0.2, 0.25) is 0 Å². The van der Waals surface area contributed by atoms with Crippen LogP contribution in [0.3, 0.4) is 0 Å². The molecule has 2 aromatic rings. The summed E-state index contributed by atoms with van der Waals surface area (Å²) in [6, 6.07) is 1.55. The first-order chi connectivity index (χ1) is 9.71. The number of aromatic nitrogens is 5. The quantitative estimate of drug-likeness (QED) is 0.758. The Labute approximate surface area is 119 Å². The molecule has 0 saturated carbocycles. The van der Waals surface area contributed by atoms with Gasteiger partial charge in [0.05, 0.1) is 7.11 Å². The smallest absolute Gasteiger partial charge is 0.321 e. The van der Waals surface area contributed by atoms with Crippen LogP contribution in [0.1, 0.15) is 13.3 Å². The number of H-pyrrole nitrogens is 1. The molecule has 0 aliphatic carbocycles. The van der Waals surface area contributed by atoms with Crippen molar-refractivity contribution in [2.75, 3.05) is 19.0 Å². The van der Waals surface area contributed by atoms with Crippen LogP contribution in [-0.4, -0.2) is 38.6 Å². The van der Waals surface area contributed by atoms with Gasteiger partial charge in [-0.2, -0.15) is 15.0 Å². The molecule has 0 radical (unpaired) electrons. The second-order valence-corrected chi connectivity index (χ2v) is 4.65. The molecule has 0 spiro atoms. The summed E-state index contributed by atoms with van der Waals surface area (Å²) in [5.74, 6) is 0.430. The van der Waals surface area contributed by atoms with Crippen LogP contribution in [0.15, 0.2) is 27.4 Å². The Morgan fingerprint density at radius 1 is 1.40 bits per heavy atom. The van der Waals surface area contributed by atoms with Crippen LogP contribution in [0.4, 0.5) is 5.95 Å². The number of methoxy groups -OCH3 is 1. The van der Waals surface area contributed by atoms with E-state index in [1.165, 1.54) is 19.4 Å². The third-order valence-electron chi connectivity index (χ3n) is 2.15. The molecule has 106 valence electrons. The van der Waals surface area contributed by atoms with Crippen LogP contribution in [0, 0.1) is 0 Å². The maximum atomic E-state index is 11.2. The lowest BCUT2D eigenvalue weighted by molar-refractivity contribution is 0.373. The molecule has 2 heterocycles. The molecular weight excluding hydrogens is 280 g/mol. The van der Waals surface area contributed by atoms with Crippen molar-refractivity contribution in [2.45, 2.75) is 23.7 Å². The lowest BCUT2D eigenvalue weighted by Gasteiger charge is -2.06. The molecule has 0 aromatic carbocycles. The minimum absolute atomic E-state index is 0.208. The molecule has 0 aliphatic rings. The van der Waals surface area contributed by atoms with Crippen molar-refractivity contribution in [3.05, 3.63) is 22.6 Å². The molecule has 0 unspecified atom stereocenters. The normalized spacial score (nSPS) is 10.3. The summed E-state index contributed by atoms with van der Waals surface area (Å²) in [4.78, 5) is 30.3. The molecule has 0 saturated heterocycles. The Morgan fingerprint density at radius 3 is 2.95 bits per heavy atom. The van der Waals surface area contributed by atoms with Gasteiger partial charge >= 0.3 is 6.01 Å². The molecule has 2 N–H and O–H groups in total. The Morgan fingerprint density at radius 2 is 2.25 bits per heavy atom. The molecule has 9 heteroatoms. The van der Waals surface area contributed by atoms with Crippen molar-refractivity contribution in [1.82, 2.24) is 24.9 Å². The Balaban J connectivity index is 2.23. The second kappa shape index (κ2) is 6.85. The van der Waals surface area contributed by atoms with Crippen molar-refractivity contribution in [3.63, 3.8) is 0 Å². The Bertz CT molecular complexity index is 632. The molecule has 0 fully saturated rings. The summed E-state index contributed by atoms with van der Waals surface area (Å²) >= 11 is 1.13. The highest BCUT2D eigenvalue weighted by atomic mass is 32.2. The van der Waals surface area contributed by atoms with E-state index in [1.54, 1.807) is 0 Å². The lowest BCUT2D eigenvalue weighted by Crippen LogP contribution is -2.08. The highest BCUT2D eigenvalue weighted by Crippen LogP contribution is 2.22. The number of nitrogens with zero attached hydrogens (tertiary/aromatic N) is 4. The number of ether oxygens (including phenoxy) is 1. The first-order valence-electron chi connectivity index (χ1n) is 5.98. The van der Waals surface area contributed by atoms with E-state index in [0.717, 1.165) is 24.7 Å². The van der Waals surface area contributed by atoms with E-state index >= 15 is 0 Å². The summed E-state index contributed by atoms with van der Waals surface area (Å²) < 4.78 is 5.03. The van der Waals surface area contributed by atoms with Crippen molar-refractivity contribution in [3.8, 4) is 6.01 Å². The van der Waals surface area contributed by atoms with E-state index in [0.29, 0.717) is 16.3 Å². The highest BCUT2D eigenvalue weighted by molar-refractivity contribution is 7.99. The average molecular weight is 294 g/mol. The largest absolute Gasteiger partial charge is 0.467 e. The maximum absolute atomic E-state index is 11.2. The van der Waals surface area contributed by atoms with Gasteiger partial charge in [-0.3, -0.25) is 4.79 Å². The van der Waals surface area contributed by atoms with Gasteiger partial charge in [0, 0.05) is 18.8 Å². The topological polar surface area (TPSA) is 106 Å². The predicted molar refractivity (Wildman–Crippen MR) is 74.1 cm³/mol. The van der Waals surface area contributed by atoms with Crippen molar-refractivity contribution in [2.24, 2.45) is 0 Å². The third kappa shape index (κ3) is 3.92. The fourth-order valence-electron chi connectivity index (χ4n) is 1.28. The van der Waals surface area contributed by atoms with Gasteiger partial charge in [-0.15, -0.1) is 0 Å². The minimum Gasteiger partial charge on any atom is -0.467 e. The molecule has 8 nitrogen and oxygen atoms in total. The first-order valence-corrected chi connectivity index (χ1v) is 6.80. The number of rotatable bonds is 6. The molecule has 0 atom stereocenters. The van der Waals surface area contributed by atoms with E-state index in [1.807, 2.05) is 6.92 Å². The number of nitrogens with one attached hydrogen (secondary N) is 2. The fraction of sp³-hybridized carbons (Fsp3) is 0.364. The fourth-order valence-corrected chi connectivity index (χ4v) is 1.98. The molecule has 2 aromatic heterocycles. The van der Waals surface area contributed by atoms with Gasteiger partial charge in [0.2, 0.25) is 11.1 Å². The summed E-state index contributed by atoms with van der Waals surface area (Å²) in [6.07, 6.45) is 2.37. The Kier molecular flexibility index (Phi) is 4.88. The molecule has 0 bridgehead atoms. The second-order valence-electron chi connectivity index (χ2n) is 3.70. The third-order valence-corrected chi connectivity index (χ3v) is 2.91. The summed E-state index contributed by atoms with van der Waals surface area (Å²) in [5, 5.41) is 3.86. The van der Waals surface area contributed by atoms with Crippen LogP contribution in [-0.2, 0) is 0 Å². The van der Waals surface area contributed by atoms with Crippen molar-refractivity contribution >= 4 is 17.7 Å². The van der Waals surface area contributed by atoms with Crippen LogP contribution >= 0.6 is 11.8 Å². The molecule has 2 rings (SSSR count). The van der Waals surface area contributed by atoms with Crippen molar-refractivity contribution in [1.29, 1.82) is 0 Å². The van der Waals surface area contributed by atoms with Crippen LogP contribution < -0.4 is 15.6 Å². The van der Waals surface area contributed by atoms with Gasteiger partial charge in [-0.05, 0) is 18.2 Å². The number of aromatic amines is 1. The van der Waals surface area contributed by atoms with Crippen molar-refractivity contribution < 1.29 is 4.74 Å². The monoisotopic (exact) mass is 294 g/mol. The summed E-state index contributed by atoms with van der Waals surface area (Å²) in [5.41, 5.74) is -0.229. The number of anilines is 1. The van der Waals surface area contributed by atoms with E-state index < -0.39 is 0 Å². The SMILES string of the molecule is CCCNc1nc(OC)nc(Sc2nccc(=O)[nH]2)n1. The summed E-state index contributed by atoms with van der Waals surface area (Å²) in [6.45, 7) is 2.79. The number of hydrogen-bond donors (Lipinski definition) is 2. The molecular formula is C11H14N6O2S. The van der Waals surface area contributed by atoms with Gasteiger partial charge in [-0.1, -0.05) is 6.92 Å². The molecule has 0 amide bonds. The standard InChI is InChI=1S/C11H14N6O2S/c1-3-5-12-8-15-9(19-2)17-11(16-8)20-10-13-6-4-7(18)14-10/h4,6H,3,5H2,1-2H3,(H,13,14,18)(H,12,15,16,17). The van der Waals surface area contributed by atoms with Gasteiger partial charge in [0.15, 0.2) is 5.16 Å². The zero-order valence-electron chi connectivity index (χ0n) is 11.1. The van der Waals surface area contributed by atoms with Crippen LogP contribution in [0.5, 0.6) is 6.01 Å². The van der Waals surface area contributed by atoms with E-state index in [-0.39, 0.29) is 11.6 Å². The Hall–Kier alpha value is -2.16. The van der Waals surface area contributed by atoms with Gasteiger partial charge < -0.3 is 15.0 Å². The van der Waals surface area contributed by atoms with Crippen LogP contribution in [0.25, 0.3) is 0 Å². The number of hydrogen-bond acceptors (Lipinski definition) is 8. The van der Waals surface area contributed by atoms with Gasteiger partial charge in [0.25, 0.3) is 5.56 Å².